The van der Waals surface area contributed by atoms with Crippen LogP contribution in [0.3, 0.4) is 0 Å². The zero-order chi connectivity index (χ0) is 41.0. The van der Waals surface area contributed by atoms with Gasteiger partial charge in [0.15, 0.2) is 13.7 Å². The van der Waals surface area contributed by atoms with Gasteiger partial charge in [-0.05, 0) is 91.5 Å². The molecule has 2 aliphatic rings. The van der Waals surface area contributed by atoms with E-state index in [2.05, 4.69) is 205 Å². The van der Waals surface area contributed by atoms with Crippen molar-refractivity contribution in [2.45, 2.75) is 12.0 Å². The minimum Gasteiger partial charge on any atom is -0.485 e. The molecule has 0 saturated heterocycles. The standard InChI is InChI=1S/C57H40N2O2Si/c1-5-16-41(17-6-1)57-58-52-35-31-40-29-28-39-30-32-43(37-51(39)55(40)56(52)61-57)59(44-33-34-50-49-26-13-14-27-53(49)60-54(50)38-44)42-18-15-25-48(36-42)62(45-19-7-2-8-20-45,46-21-9-3-10-22-46)47-23-11-4-12-24-47/h1-38,49,53H. The summed E-state index contributed by atoms with van der Waals surface area (Å²) in [6.45, 7) is 0. The van der Waals surface area contributed by atoms with Gasteiger partial charge < -0.3 is 14.1 Å². The molecule has 12 rings (SSSR count). The molecule has 0 amide bonds. The van der Waals surface area contributed by atoms with E-state index in [4.69, 9.17) is 14.1 Å². The molecule has 0 fully saturated rings. The third-order valence-corrected chi connectivity index (χ3v) is 17.5. The highest BCUT2D eigenvalue weighted by molar-refractivity contribution is 7.19. The molecular formula is C57H40N2O2Si. The predicted octanol–water partition coefficient (Wildman–Crippen LogP) is 11.6. The Morgan fingerprint density at radius 3 is 1.79 bits per heavy atom. The monoisotopic (exact) mass is 812 g/mol. The Labute approximate surface area is 361 Å². The molecule has 1 aliphatic carbocycles. The average Bonchev–Trinajstić information content (AvgIpc) is 3.95. The second-order valence-electron chi connectivity index (χ2n) is 16.2. The van der Waals surface area contributed by atoms with Crippen LogP contribution in [0.5, 0.6) is 5.75 Å². The van der Waals surface area contributed by atoms with Gasteiger partial charge in [-0.1, -0.05) is 170 Å². The summed E-state index contributed by atoms with van der Waals surface area (Å²) in [5.41, 5.74) is 6.91. The maximum atomic E-state index is 6.67. The molecular weight excluding hydrogens is 773 g/mol. The number of ether oxygens (including phenoxy) is 1. The second-order valence-corrected chi connectivity index (χ2v) is 20.0. The fourth-order valence-corrected chi connectivity index (χ4v) is 14.7. The van der Waals surface area contributed by atoms with Gasteiger partial charge >= 0.3 is 0 Å². The Balaban J connectivity index is 1.10. The average molecular weight is 813 g/mol. The van der Waals surface area contributed by atoms with Gasteiger partial charge in [-0.2, -0.15) is 0 Å². The number of fused-ring (bicyclic) bond motifs is 8. The zero-order valence-corrected chi connectivity index (χ0v) is 34.8. The summed E-state index contributed by atoms with van der Waals surface area (Å²) in [5.74, 6) is 1.73. The molecule has 0 N–H and O–H groups in total. The first-order valence-corrected chi connectivity index (χ1v) is 23.3. The lowest BCUT2D eigenvalue weighted by molar-refractivity contribution is 0.269. The number of hydrogen-bond donors (Lipinski definition) is 0. The highest BCUT2D eigenvalue weighted by atomic mass is 28.3. The summed E-state index contributed by atoms with van der Waals surface area (Å²) in [5, 5.41) is 9.67. The van der Waals surface area contributed by atoms with Crippen LogP contribution in [-0.4, -0.2) is 19.2 Å². The fourth-order valence-electron chi connectivity index (χ4n) is 9.91. The Kier molecular flexibility index (Phi) is 8.61. The Hall–Kier alpha value is -7.73. The highest BCUT2D eigenvalue weighted by Gasteiger charge is 2.42. The zero-order valence-electron chi connectivity index (χ0n) is 33.8. The maximum absolute atomic E-state index is 6.67. The van der Waals surface area contributed by atoms with Crippen LogP contribution >= 0.6 is 0 Å². The number of allylic oxidation sites excluding steroid dienone is 2. The first kappa shape index (κ1) is 36.1. The van der Waals surface area contributed by atoms with Crippen LogP contribution in [0.2, 0.25) is 0 Å². The lowest BCUT2D eigenvalue weighted by Gasteiger charge is -2.35. The van der Waals surface area contributed by atoms with Crippen molar-refractivity contribution in [3.05, 3.63) is 236 Å². The molecule has 2 atom stereocenters. The lowest BCUT2D eigenvalue weighted by Crippen LogP contribution is -2.74. The van der Waals surface area contributed by atoms with Crippen molar-refractivity contribution in [1.82, 2.24) is 4.98 Å². The Morgan fingerprint density at radius 1 is 0.484 bits per heavy atom. The maximum Gasteiger partial charge on any atom is 0.227 e. The molecule has 5 heteroatoms. The van der Waals surface area contributed by atoms with Gasteiger partial charge in [0.05, 0.1) is 0 Å². The molecule has 9 aromatic carbocycles. The van der Waals surface area contributed by atoms with E-state index in [1.807, 2.05) is 30.3 Å². The van der Waals surface area contributed by atoms with Crippen molar-refractivity contribution in [3.63, 3.8) is 0 Å². The first-order chi connectivity index (χ1) is 30.7. The molecule has 62 heavy (non-hydrogen) atoms. The molecule has 0 spiro atoms. The first-order valence-electron chi connectivity index (χ1n) is 21.3. The van der Waals surface area contributed by atoms with E-state index < -0.39 is 8.07 Å². The van der Waals surface area contributed by atoms with Crippen LogP contribution in [0.25, 0.3) is 44.1 Å². The number of hydrogen-bond acceptors (Lipinski definition) is 4. The molecule has 4 nitrogen and oxygen atoms in total. The van der Waals surface area contributed by atoms with E-state index in [9.17, 15) is 0 Å². The van der Waals surface area contributed by atoms with Crippen LogP contribution in [0, 0.1) is 0 Å². The minimum atomic E-state index is -2.84. The van der Waals surface area contributed by atoms with Gasteiger partial charge in [-0.3, -0.25) is 0 Å². The van der Waals surface area contributed by atoms with E-state index in [1.165, 1.54) is 26.3 Å². The van der Waals surface area contributed by atoms with Crippen molar-refractivity contribution < 1.29 is 9.15 Å². The summed E-state index contributed by atoms with van der Waals surface area (Å²) in [7, 11) is -2.84. The molecule has 0 bridgehead atoms. The van der Waals surface area contributed by atoms with Crippen molar-refractivity contribution in [2.75, 3.05) is 4.90 Å². The summed E-state index contributed by atoms with van der Waals surface area (Å²) in [4.78, 5) is 7.37. The predicted molar refractivity (Wildman–Crippen MR) is 258 cm³/mol. The van der Waals surface area contributed by atoms with Gasteiger partial charge in [0.2, 0.25) is 5.89 Å². The van der Waals surface area contributed by atoms with Gasteiger partial charge in [0.25, 0.3) is 0 Å². The Morgan fingerprint density at radius 2 is 1.06 bits per heavy atom. The molecule has 2 unspecified atom stereocenters. The van der Waals surface area contributed by atoms with Gasteiger partial charge in [-0.25, -0.2) is 4.98 Å². The van der Waals surface area contributed by atoms with E-state index in [0.29, 0.717) is 5.89 Å². The number of oxazole rings is 1. The van der Waals surface area contributed by atoms with Crippen molar-refractivity contribution in [1.29, 1.82) is 0 Å². The molecule has 294 valence electrons. The van der Waals surface area contributed by atoms with Gasteiger partial charge in [0, 0.05) is 45.6 Å². The van der Waals surface area contributed by atoms with Crippen LogP contribution in [-0.2, 0) is 0 Å². The van der Waals surface area contributed by atoms with Crippen LogP contribution in [0.1, 0.15) is 11.5 Å². The molecule has 0 saturated carbocycles. The number of nitrogens with zero attached hydrogens (tertiary/aromatic N) is 2. The summed E-state index contributed by atoms with van der Waals surface area (Å²) < 4.78 is 13.3. The summed E-state index contributed by atoms with van der Waals surface area (Å²) in [6, 6.07) is 74.9. The molecule has 1 aromatic heterocycles. The Bertz CT molecular complexity index is 3250. The van der Waals surface area contributed by atoms with E-state index in [0.717, 1.165) is 61.0 Å². The van der Waals surface area contributed by atoms with E-state index in [1.54, 1.807) is 0 Å². The van der Waals surface area contributed by atoms with Crippen LogP contribution in [0.4, 0.5) is 17.1 Å². The second kappa shape index (κ2) is 14.8. The van der Waals surface area contributed by atoms with E-state index in [-0.39, 0.29) is 12.0 Å². The lowest BCUT2D eigenvalue weighted by atomic mass is 9.92. The largest absolute Gasteiger partial charge is 0.485 e. The third kappa shape index (κ3) is 5.85. The van der Waals surface area contributed by atoms with Crippen molar-refractivity contribution in [3.8, 4) is 17.2 Å². The summed E-state index contributed by atoms with van der Waals surface area (Å²) in [6.07, 6.45) is 8.62. The molecule has 10 aromatic rings. The van der Waals surface area contributed by atoms with Crippen LogP contribution < -0.4 is 30.4 Å². The molecule has 2 heterocycles. The van der Waals surface area contributed by atoms with Gasteiger partial charge in [0.1, 0.15) is 17.4 Å². The fraction of sp³-hybridized carbons (Fsp3) is 0.0351. The normalized spacial score (nSPS) is 15.4. The smallest absolute Gasteiger partial charge is 0.227 e. The molecule has 0 radical (unpaired) electrons. The number of aromatic nitrogens is 1. The third-order valence-electron chi connectivity index (χ3n) is 12.7. The number of anilines is 3. The van der Waals surface area contributed by atoms with E-state index >= 15 is 0 Å². The van der Waals surface area contributed by atoms with Crippen LogP contribution in [0.15, 0.2) is 235 Å². The molecule has 1 aliphatic heterocycles. The minimum absolute atomic E-state index is 0.00612. The quantitative estimate of drug-likeness (QED) is 0.0870. The SMILES string of the molecule is C1=CC2Oc3cc(N(c4cccc([Si](c5ccccc5)(c5ccccc5)c5ccccc5)c4)c4ccc5ccc6ccc7nc(-c8ccccc8)oc7c6c5c4)ccc3C2C=C1. The van der Waals surface area contributed by atoms with Crippen molar-refractivity contribution in [2.24, 2.45) is 0 Å². The van der Waals surface area contributed by atoms with Crippen molar-refractivity contribution >= 4 is 78.5 Å². The highest BCUT2D eigenvalue weighted by Crippen LogP contribution is 2.46. The number of rotatable bonds is 8. The summed E-state index contributed by atoms with van der Waals surface area (Å²) >= 11 is 0. The number of benzene rings is 9. The van der Waals surface area contributed by atoms with Gasteiger partial charge in [-0.15, -0.1) is 0 Å². The topological polar surface area (TPSA) is 38.5 Å².